The van der Waals surface area contributed by atoms with E-state index in [0.29, 0.717) is 31.7 Å². The highest BCUT2D eigenvalue weighted by molar-refractivity contribution is 6.07. The summed E-state index contributed by atoms with van der Waals surface area (Å²) in [7, 11) is 3.22. The number of hydrogen-bond donors (Lipinski definition) is 1. The summed E-state index contributed by atoms with van der Waals surface area (Å²) in [5.41, 5.74) is 2.34. The Kier molecular flexibility index (Phi) is 6.49. The van der Waals surface area contributed by atoms with Crippen LogP contribution in [0.1, 0.15) is 24.1 Å². The molecule has 0 unspecified atom stereocenters. The van der Waals surface area contributed by atoms with Gasteiger partial charge in [0.15, 0.2) is 0 Å². The minimum atomic E-state index is -0.814. The van der Waals surface area contributed by atoms with Crippen molar-refractivity contribution < 1.29 is 19.1 Å². The number of methoxy groups -OCH3 is 2. The number of nitrogens with one attached hydrogen (secondary N) is 1. The third kappa shape index (κ3) is 4.39. The molecule has 0 atom stereocenters. The fourth-order valence-corrected chi connectivity index (χ4v) is 5.39. The molecule has 0 saturated carbocycles. The van der Waals surface area contributed by atoms with Crippen LogP contribution in [0.15, 0.2) is 54.6 Å². The van der Waals surface area contributed by atoms with Gasteiger partial charge < -0.3 is 19.4 Å². The highest BCUT2D eigenvalue weighted by Gasteiger charge is 2.57. The van der Waals surface area contributed by atoms with Crippen LogP contribution in [-0.2, 0) is 22.6 Å². The van der Waals surface area contributed by atoms with Crippen LogP contribution in [0, 0.1) is 0 Å². The van der Waals surface area contributed by atoms with Crippen LogP contribution < -0.4 is 4.74 Å². The maximum absolute atomic E-state index is 13.8. The SMILES string of the molecule is COCCN1C(=O)N(Cc2cccc(OC)c2)C(=O)C12CCN(Cc1cc3ccccc3[nH]1)CC2. The fraction of sp³-hybridized carbons (Fsp3) is 0.407. The number of amides is 3. The van der Waals surface area contributed by atoms with Crippen LogP contribution >= 0.6 is 0 Å². The van der Waals surface area contributed by atoms with Crippen molar-refractivity contribution in [2.45, 2.75) is 31.5 Å². The van der Waals surface area contributed by atoms with E-state index in [4.69, 9.17) is 9.47 Å². The second-order valence-electron chi connectivity index (χ2n) is 9.36. The van der Waals surface area contributed by atoms with Gasteiger partial charge in [0.25, 0.3) is 5.91 Å². The number of para-hydroxylation sites is 1. The Balaban J connectivity index is 1.32. The number of carbonyl (C=O) groups is 2. The third-order valence-corrected chi connectivity index (χ3v) is 7.28. The number of nitrogens with zero attached hydrogens (tertiary/aromatic N) is 3. The number of H-pyrrole nitrogens is 1. The predicted octanol–water partition coefficient (Wildman–Crippen LogP) is 3.62. The van der Waals surface area contributed by atoms with Gasteiger partial charge in [-0.2, -0.15) is 0 Å². The number of hydrogen-bond acceptors (Lipinski definition) is 5. The van der Waals surface area contributed by atoms with Crippen molar-refractivity contribution in [2.75, 3.05) is 40.5 Å². The summed E-state index contributed by atoms with van der Waals surface area (Å²) >= 11 is 0. The lowest BCUT2D eigenvalue weighted by molar-refractivity contribution is -0.136. The van der Waals surface area contributed by atoms with Gasteiger partial charge in [0, 0.05) is 44.5 Å². The predicted molar refractivity (Wildman–Crippen MR) is 133 cm³/mol. The van der Waals surface area contributed by atoms with Crippen molar-refractivity contribution in [3.63, 3.8) is 0 Å². The van der Waals surface area contributed by atoms with E-state index in [2.05, 4.69) is 28.1 Å². The molecule has 2 aliphatic rings. The van der Waals surface area contributed by atoms with E-state index < -0.39 is 5.54 Å². The average molecular weight is 477 g/mol. The number of imide groups is 1. The number of rotatable bonds is 8. The highest BCUT2D eigenvalue weighted by atomic mass is 16.5. The standard InChI is InChI=1S/C27H32N4O4/c1-34-15-14-31-26(33)30(18-20-6-5-8-23(16-20)35-2)25(32)27(31)10-12-29(13-11-27)19-22-17-21-7-3-4-9-24(21)28-22/h3-9,16-17,28H,10-15,18-19H2,1-2H3. The van der Waals surface area contributed by atoms with Gasteiger partial charge in [-0.05, 0) is 48.1 Å². The first-order chi connectivity index (χ1) is 17.0. The first-order valence-corrected chi connectivity index (χ1v) is 12.1. The summed E-state index contributed by atoms with van der Waals surface area (Å²) < 4.78 is 10.6. The summed E-state index contributed by atoms with van der Waals surface area (Å²) in [5.74, 6) is 0.601. The summed E-state index contributed by atoms with van der Waals surface area (Å²) in [6.45, 7) is 3.30. The van der Waals surface area contributed by atoms with Crippen LogP contribution in [0.25, 0.3) is 10.9 Å². The molecule has 8 heteroatoms. The number of aromatic amines is 1. The van der Waals surface area contributed by atoms with Gasteiger partial charge in [0.05, 0.1) is 20.3 Å². The van der Waals surface area contributed by atoms with Crippen molar-refractivity contribution in [1.82, 2.24) is 19.7 Å². The zero-order chi connectivity index (χ0) is 24.4. The summed E-state index contributed by atoms with van der Waals surface area (Å²) in [6, 6.07) is 17.7. The Bertz CT molecular complexity index is 1180. The molecular formula is C27H32N4O4. The normalized spacial score (nSPS) is 18.2. The second kappa shape index (κ2) is 9.71. The van der Waals surface area contributed by atoms with E-state index in [0.717, 1.165) is 36.4 Å². The van der Waals surface area contributed by atoms with Crippen molar-refractivity contribution in [1.29, 1.82) is 0 Å². The molecular weight excluding hydrogens is 444 g/mol. The monoisotopic (exact) mass is 476 g/mol. The molecule has 2 fully saturated rings. The Morgan fingerprint density at radius 2 is 1.77 bits per heavy atom. The van der Waals surface area contributed by atoms with Gasteiger partial charge >= 0.3 is 6.03 Å². The molecule has 2 aromatic carbocycles. The van der Waals surface area contributed by atoms with Gasteiger partial charge in [-0.3, -0.25) is 14.6 Å². The summed E-state index contributed by atoms with van der Waals surface area (Å²) in [4.78, 5) is 36.2. The Hall–Kier alpha value is -3.36. The Morgan fingerprint density at radius 3 is 2.51 bits per heavy atom. The van der Waals surface area contributed by atoms with Crippen LogP contribution in [0.2, 0.25) is 0 Å². The Morgan fingerprint density at radius 1 is 0.971 bits per heavy atom. The lowest BCUT2D eigenvalue weighted by Crippen LogP contribution is -2.57. The van der Waals surface area contributed by atoms with Crippen molar-refractivity contribution in [3.8, 4) is 5.75 Å². The van der Waals surface area contributed by atoms with Gasteiger partial charge in [0.2, 0.25) is 0 Å². The first-order valence-electron chi connectivity index (χ1n) is 12.1. The van der Waals surface area contributed by atoms with Crippen LogP contribution in [0.4, 0.5) is 4.79 Å². The van der Waals surface area contributed by atoms with E-state index in [1.54, 1.807) is 19.1 Å². The molecule has 3 amide bonds. The molecule has 35 heavy (non-hydrogen) atoms. The molecule has 184 valence electrons. The van der Waals surface area contributed by atoms with Gasteiger partial charge in [-0.15, -0.1) is 0 Å². The molecule has 5 rings (SSSR count). The minimum Gasteiger partial charge on any atom is -0.497 e. The largest absolute Gasteiger partial charge is 0.497 e. The highest BCUT2D eigenvalue weighted by Crippen LogP contribution is 2.38. The number of aromatic nitrogens is 1. The number of carbonyl (C=O) groups excluding carboxylic acids is 2. The zero-order valence-electron chi connectivity index (χ0n) is 20.3. The minimum absolute atomic E-state index is 0.105. The fourth-order valence-electron chi connectivity index (χ4n) is 5.39. The maximum atomic E-state index is 13.8. The number of piperidine rings is 1. The molecule has 0 radical (unpaired) electrons. The van der Waals surface area contributed by atoms with E-state index in [1.807, 2.05) is 36.4 Å². The van der Waals surface area contributed by atoms with Gasteiger partial charge in [-0.25, -0.2) is 4.79 Å². The van der Waals surface area contributed by atoms with Crippen molar-refractivity contribution in [3.05, 3.63) is 65.9 Å². The Labute approximate surface area is 205 Å². The number of urea groups is 1. The number of benzene rings is 2. The van der Waals surface area contributed by atoms with Crippen LogP contribution in [0.3, 0.4) is 0 Å². The smallest absolute Gasteiger partial charge is 0.328 e. The average Bonchev–Trinajstić information content (AvgIpc) is 3.37. The first kappa shape index (κ1) is 23.4. The second-order valence-corrected chi connectivity index (χ2v) is 9.36. The molecule has 3 aromatic rings. The van der Waals surface area contributed by atoms with E-state index in [1.165, 1.54) is 10.3 Å². The summed E-state index contributed by atoms with van der Waals surface area (Å²) in [5, 5.41) is 1.20. The molecule has 8 nitrogen and oxygen atoms in total. The van der Waals surface area contributed by atoms with Crippen LogP contribution in [-0.4, -0.2) is 77.6 Å². The van der Waals surface area contributed by atoms with Gasteiger partial charge in [0.1, 0.15) is 11.3 Å². The number of ether oxygens (including phenoxy) is 2. The molecule has 0 bridgehead atoms. The quantitative estimate of drug-likeness (QED) is 0.503. The third-order valence-electron chi connectivity index (χ3n) is 7.28. The molecule has 1 spiro atoms. The molecule has 2 saturated heterocycles. The lowest BCUT2D eigenvalue weighted by Gasteiger charge is -2.42. The molecule has 1 aromatic heterocycles. The van der Waals surface area contributed by atoms with E-state index in [-0.39, 0.29) is 18.5 Å². The lowest BCUT2D eigenvalue weighted by atomic mass is 9.85. The number of likely N-dealkylation sites (tertiary alicyclic amines) is 1. The van der Waals surface area contributed by atoms with Crippen molar-refractivity contribution in [2.24, 2.45) is 0 Å². The zero-order valence-corrected chi connectivity index (χ0v) is 20.3. The maximum Gasteiger partial charge on any atom is 0.328 e. The van der Waals surface area contributed by atoms with Crippen molar-refractivity contribution >= 4 is 22.8 Å². The molecule has 1 N–H and O–H groups in total. The van der Waals surface area contributed by atoms with Gasteiger partial charge in [-0.1, -0.05) is 30.3 Å². The van der Waals surface area contributed by atoms with Crippen LogP contribution in [0.5, 0.6) is 5.75 Å². The molecule has 0 aliphatic carbocycles. The van der Waals surface area contributed by atoms with E-state index in [9.17, 15) is 9.59 Å². The number of fused-ring (bicyclic) bond motifs is 1. The van der Waals surface area contributed by atoms with E-state index >= 15 is 0 Å². The summed E-state index contributed by atoms with van der Waals surface area (Å²) in [6.07, 6.45) is 1.21. The topological polar surface area (TPSA) is 78.1 Å². The molecule has 2 aliphatic heterocycles. The molecule has 3 heterocycles.